The van der Waals surface area contributed by atoms with Crippen LogP contribution in [0.25, 0.3) is 6.08 Å². The first-order valence-electron chi connectivity index (χ1n) is 11.0. The Hall–Kier alpha value is -3.75. The van der Waals surface area contributed by atoms with Crippen LogP contribution >= 0.6 is 11.5 Å². The van der Waals surface area contributed by atoms with Gasteiger partial charge in [0.2, 0.25) is 15.0 Å². The Morgan fingerprint density at radius 3 is 2.47 bits per heavy atom. The molecule has 1 aromatic heterocycles. The fraction of sp³-hybridized carbons (Fsp3) is 0.280. The lowest BCUT2D eigenvalue weighted by molar-refractivity contribution is -0.112. The Kier molecular flexibility index (Phi) is 8.79. The van der Waals surface area contributed by atoms with Gasteiger partial charge in [-0.15, -0.1) is 0 Å². The van der Waals surface area contributed by atoms with E-state index in [1.54, 1.807) is 24.3 Å². The highest BCUT2D eigenvalue weighted by atomic mass is 32.2. The standard InChI is InChI=1S/C25H26N4O5S2/c1-16(2)36(31,32)25-28-24(35-29-25)27-23(30)20(15-26)14-19-6-8-21(9-7-19)33-11-12-34-22-10-5-17(3)13-18(22)4/h5-10,13-14,16H,11-12H2,1-4H3,(H,27,28,29,30)/b20-14-. The number of carbonyl (C=O) groups excluding carboxylic acids is 1. The number of ether oxygens (including phenoxy) is 2. The maximum absolute atomic E-state index is 12.5. The molecule has 0 aliphatic rings. The van der Waals surface area contributed by atoms with E-state index in [9.17, 15) is 18.5 Å². The van der Waals surface area contributed by atoms with E-state index >= 15 is 0 Å². The first-order chi connectivity index (χ1) is 17.1. The van der Waals surface area contributed by atoms with Crippen molar-refractivity contribution < 1.29 is 22.7 Å². The van der Waals surface area contributed by atoms with Gasteiger partial charge in [0.25, 0.3) is 11.1 Å². The SMILES string of the molecule is Cc1ccc(OCCOc2ccc(/C=C(/C#N)C(=O)Nc3nc(S(=O)(=O)C(C)C)ns3)cc2)c(C)c1. The number of anilines is 1. The molecule has 3 rings (SSSR count). The third-order valence-corrected chi connectivity index (χ3v) is 7.68. The summed E-state index contributed by atoms with van der Waals surface area (Å²) < 4.78 is 39.6. The van der Waals surface area contributed by atoms with Gasteiger partial charge in [0.1, 0.15) is 36.4 Å². The Labute approximate surface area is 214 Å². The van der Waals surface area contributed by atoms with Crippen LogP contribution in [0.2, 0.25) is 0 Å². The van der Waals surface area contributed by atoms with Crippen molar-refractivity contribution in [3.8, 4) is 17.6 Å². The normalized spacial score (nSPS) is 11.7. The summed E-state index contributed by atoms with van der Waals surface area (Å²) in [4.78, 5) is 16.4. The van der Waals surface area contributed by atoms with E-state index in [4.69, 9.17) is 9.47 Å². The molecule has 0 unspecified atom stereocenters. The Bertz CT molecular complexity index is 1400. The number of benzene rings is 2. The molecule has 0 bridgehead atoms. The van der Waals surface area contributed by atoms with Gasteiger partial charge in [0.15, 0.2) is 0 Å². The summed E-state index contributed by atoms with van der Waals surface area (Å²) in [5.74, 6) is 0.719. The number of aromatic nitrogens is 2. The van der Waals surface area contributed by atoms with Crippen LogP contribution in [0.5, 0.6) is 11.5 Å². The third kappa shape index (κ3) is 6.90. The quantitative estimate of drug-likeness (QED) is 0.234. The molecule has 0 saturated carbocycles. The van der Waals surface area contributed by atoms with Crippen LogP contribution in [0, 0.1) is 25.2 Å². The van der Waals surface area contributed by atoms with Crippen LogP contribution in [0.1, 0.15) is 30.5 Å². The number of nitriles is 1. The number of nitrogens with one attached hydrogen (secondary N) is 1. The van der Waals surface area contributed by atoms with Crippen LogP contribution in [0.4, 0.5) is 5.13 Å². The molecule has 0 spiro atoms. The number of amides is 1. The number of aryl methyl sites for hydroxylation is 2. The number of carbonyl (C=O) groups is 1. The van der Waals surface area contributed by atoms with Gasteiger partial charge >= 0.3 is 0 Å². The number of hydrogen-bond donors (Lipinski definition) is 1. The molecule has 0 aliphatic heterocycles. The van der Waals surface area contributed by atoms with Crippen LogP contribution in [0.3, 0.4) is 0 Å². The van der Waals surface area contributed by atoms with Crippen molar-refractivity contribution in [1.82, 2.24) is 9.36 Å². The summed E-state index contributed by atoms with van der Waals surface area (Å²) in [5, 5.41) is 10.8. The maximum atomic E-state index is 12.5. The van der Waals surface area contributed by atoms with Crippen molar-refractivity contribution in [2.45, 2.75) is 38.1 Å². The van der Waals surface area contributed by atoms with Crippen LogP contribution in [-0.4, -0.2) is 42.1 Å². The fourth-order valence-electron chi connectivity index (χ4n) is 3.00. The van der Waals surface area contributed by atoms with Gasteiger partial charge in [-0.2, -0.15) is 14.6 Å². The van der Waals surface area contributed by atoms with Crippen molar-refractivity contribution >= 4 is 38.5 Å². The summed E-state index contributed by atoms with van der Waals surface area (Å²) in [6.07, 6.45) is 1.41. The number of nitrogens with zero attached hydrogens (tertiary/aromatic N) is 3. The monoisotopic (exact) mass is 526 g/mol. The zero-order valence-electron chi connectivity index (χ0n) is 20.3. The number of sulfone groups is 1. The second kappa shape index (κ2) is 11.8. The van der Waals surface area contributed by atoms with Gasteiger partial charge in [-0.1, -0.05) is 29.8 Å². The minimum Gasteiger partial charge on any atom is -0.490 e. The van der Waals surface area contributed by atoms with Gasteiger partial charge < -0.3 is 9.47 Å². The number of hydrogen-bond acceptors (Lipinski definition) is 9. The number of rotatable bonds is 10. The smallest absolute Gasteiger partial charge is 0.268 e. The Balaban J connectivity index is 1.56. The van der Waals surface area contributed by atoms with E-state index in [0.717, 1.165) is 22.8 Å². The van der Waals surface area contributed by atoms with Crippen LogP contribution < -0.4 is 14.8 Å². The van der Waals surface area contributed by atoms with Gasteiger partial charge in [0.05, 0.1) is 5.25 Å². The molecular weight excluding hydrogens is 500 g/mol. The predicted octanol–water partition coefficient (Wildman–Crippen LogP) is 4.34. The molecule has 36 heavy (non-hydrogen) atoms. The molecule has 1 N–H and O–H groups in total. The fourth-order valence-corrected chi connectivity index (χ4v) is 4.70. The summed E-state index contributed by atoms with van der Waals surface area (Å²) in [7, 11) is -3.66. The summed E-state index contributed by atoms with van der Waals surface area (Å²) in [6.45, 7) is 7.79. The van der Waals surface area contributed by atoms with Crippen molar-refractivity contribution in [1.29, 1.82) is 5.26 Å². The third-order valence-electron chi connectivity index (χ3n) is 5.00. The van der Waals surface area contributed by atoms with Crippen molar-refractivity contribution in [3.05, 3.63) is 64.7 Å². The van der Waals surface area contributed by atoms with E-state index in [-0.39, 0.29) is 15.9 Å². The molecule has 0 aliphatic carbocycles. The highest BCUT2D eigenvalue weighted by Crippen LogP contribution is 2.21. The van der Waals surface area contributed by atoms with Crippen LogP contribution in [-0.2, 0) is 14.6 Å². The molecule has 1 amide bonds. The molecule has 9 nitrogen and oxygen atoms in total. The van der Waals surface area contributed by atoms with Crippen LogP contribution in [0.15, 0.2) is 53.2 Å². The van der Waals surface area contributed by atoms with Gasteiger partial charge in [-0.3, -0.25) is 10.1 Å². The second-order valence-corrected chi connectivity index (χ2v) is 11.3. The summed E-state index contributed by atoms with van der Waals surface area (Å²) >= 11 is 0.732. The summed E-state index contributed by atoms with van der Waals surface area (Å²) in [6, 6.07) is 14.7. The van der Waals surface area contributed by atoms with E-state index in [1.165, 1.54) is 25.5 Å². The average molecular weight is 527 g/mol. The minimum absolute atomic E-state index is 0.00725. The lowest BCUT2D eigenvalue weighted by Crippen LogP contribution is -2.16. The van der Waals surface area contributed by atoms with Gasteiger partial charge in [-0.05, 0) is 63.1 Å². The summed E-state index contributed by atoms with van der Waals surface area (Å²) in [5.41, 5.74) is 2.68. The molecule has 0 fully saturated rings. The van der Waals surface area contributed by atoms with E-state index in [0.29, 0.717) is 24.5 Å². The van der Waals surface area contributed by atoms with E-state index < -0.39 is 21.0 Å². The van der Waals surface area contributed by atoms with Gasteiger partial charge in [-0.25, -0.2) is 8.42 Å². The zero-order valence-corrected chi connectivity index (χ0v) is 21.9. The molecule has 0 atom stereocenters. The molecule has 2 aromatic carbocycles. The minimum atomic E-state index is -3.66. The second-order valence-electron chi connectivity index (χ2n) is 8.13. The molecule has 188 valence electrons. The highest BCUT2D eigenvalue weighted by Gasteiger charge is 2.25. The Morgan fingerprint density at radius 1 is 1.14 bits per heavy atom. The first kappa shape index (κ1) is 26.8. The molecule has 3 aromatic rings. The molecule has 0 radical (unpaired) electrons. The van der Waals surface area contributed by atoms with E-state index in [2.05, 4.69) is 20.7 Å². The highest BCUT2D eigenvalue weighted by molar-refractivity contribution is 7.91. The molecular formula is C25H26N4O5S2. The topological polar surface area (TPSA) is 131 Å². The van der Waals surface area contributed by atoms with Crippen molar-refractivity contribution in [3.63, 3.8) is 0 Å². The lowest BCUT2D eigenvalue weighted by atomic mass is 10.1. The Morgan fingerprint density at radius 2 is 1.83 bits per heavy atom. The largest absolute Gasteiger partial charge is 0.490 e. The van der Waals surface area contributed by atoms with Crippen molar-refractivity contribution in [2.75, 3.05) is 18.5 Å². The zero-order chi connectivity index (χ0) is 26.3. The van der Waals surface area contributed by atoms with Crippen molar-refractivity contribution in [2.24, 2.45) is 0 Å². The average Bonchev–Trinajstić information content (AvgIpc) is 3.31. The molecule has 1 heterocycles. The lowest BCUT2D eigenvalue weighted by Gasteiger charge is -2.11. The van der Waals surface area contributed by atoms with E-state index in [1.807, 2.05) is 32.0 Å². The molecule has 0 saturated heterocycles. The molecule has 11 heteroatoms. The predicted molar refractivity (Wildman–Crippen MR) is 138 cm³/mol. The maximum Gasteiger partial charge on any atom is 0.268 e. The first-order valence-corrected chi connectivity index (χ1v) is 13.4. The van der Waals surface area contributed by atoms with Gasteiger partial charge in [0, 0.05) is 11.5 Å².